The summed E-state index contributed by atoms with van der Waals surface area (Å²) < 4.78 is 4.40. The standard InChI is InChI=1S/C10H7N3O2/c1-15-9(14)3-2-8-7-4-5-11-10(7)13-6-12-8/h4-6H,1H3,(H,11,12,13). The predicted molar refractivity (Wildman–Crippen MR) is 52.8 cm³/mol. The highest BCUT2D eigenvalue weighted by Gasteiger charge is 2.01. The van der Waals surface area contributed by atoms with Gasteiger partial charge in [-0.05, 0) is 12.0 Å². The molecule has 0 spiro atoms. The molecule has 15 heavy (non-hydrogen) atoms. The number of hydrogen-bond acceptors (Lipinski definition) is 4. The van der Waals surface area contributed by atoms with Crippen molar-refractivity contribution in [3.8, 4) is 11.8 Å². The first-order valence-electron chi connectivity index (χ1n) is 4.19. The molecule has 0 saturated carbocycles. The Morgan fingerprint density at radius 1 is 1.53 bits per heavy atom. The van der Waals surface area contributed by atoms with Crippen LogP contribution in [-0.2, 0) is 9.53 Å². The first-order chi connectivity index (χ1) is 7.31. The van der Waals surface area contributed by atoms with Gasteiger partial charge in [0.1, 0.15) is 17.7 Å². The van der Waals surface area contributed by atoms with Crippen molar-refractivity contribution in [3.05, 3.63) is 24.3 Å². The van der Waals surface area contributed by atoms with Crippen LogP contribution < -0.4 is 0 Å². The van der Waals surface area contributed by atoms with Crippen molar-refractivity contribution in [1.29, 1.82) is 0 Å². The minimum absolute atomic E-state index is 0.506. The van der Waals surface area contributed by atoms with Crippen LogP contribution in [0.5, 0.6) is 0 Å². The number of ether oxygens (including phenoxy) is 1. The van der Waals surface area contributed by atoms with Crippen LogP contribution in [0.25, 0.3) is 11.0 Å². The maximum Gasteiger partial charge on any atom is 0.384 e. The molecule has 2 aromatic heterocycles. The zero-order chi connectivity index (χ0) is 10.7. The number of aromatic amines is 1. The molecule has 0 amide bonds. The minimum Gasteiger partial charge on any atom is -0.459 e. The summed E-state index contributed by atoms with van der Waals surface area (Å²) in [6.45, 7) is 0. The van der Waals surface area contributed by atoms with Crippen molar-refractivity contribution in [2.24, 2.45) is 0 Å². The van der Waals surface area contributed by atoms with E-state index in [0.717, 1.165) is 5.39 Å². The van der Waals surface area contributed by atoms with E-state index in [0.29, 0.717) is 11.3 Å². The van der Waals surface area contributed by atoms with Crippen LogP contribution >= 0.6 is 0 Å². The zero-order valence-corrected chi connectivity index (χ0v) is 7.94. The van der Waals surface area contributed by atoms with E-state index in [1.807, 2.05) is 0 Å². The van der Waals surface area contributed by atoms with Gasteiger partial charge in [-0.3, -0.25) is 0 Å². The smallest absolute Gasteiger partial charge is 0.384 e. The van der Waals surface area contributed by atoms with Gasteiger partial charge in [0.2, 0.25) is 0 Å². The van der Waals surface area contributed by atoms with Gasteiger partial charge in [0, 0.05) is 12.1 Å². The SMILES string of the molecule is COC(=O)C#Cc1ncnc2[nH]ccc12. The van der Waals surface area contributed by atoms with Crippen LogP contribution in [-0.4, -0.2) is 28.0 Å². The Morgan fingerprint density at radius 2 is 2.40 bits per heavy atom. The molecular formula is C10H7N3O2. The molecule has 0 atom stereocenters. The number of nitrogens with one attached hydrogen (secondary N) is 1. The summed E-state index contributed by atoms with van der Waals surface area (Å²) in [6.07, 6.45) is 3.13. The highest BCUT2D eigenvalue weighted by molar-refractivity contribution is 5.90. The second kappa shape index (κ2) is 3.80. The summed E-state index contributed by atoms with van der Waals surface area (Å²) in [6, 6.07) is 1.80. The lowest BCUT2D eigenvalue weighted by Crippen LogP contribution is -1.95. The van der Waals surface area contributed by atoms with Crippen LogP contribution in [0.15, 0.2) is 18.6 Å². The number of methoxy groups -OCH3 is 1. The summed E-state index contributed by atoms with van der Waals surface area (Å²) in [7, 11) is 1.28. The lowest BCUT2D eigenvalue weighted by molar-refractivity contribution is -0.133. The van der Waals surface area contributed by atoms with Gasteiger partial charge >= 0.3 is 5.97 Å². The lowest BCUT2D eigenvalue weighted by Gasteiger charge is -1.91. The van der Waals surface area contributed by atoms with Gasteiger partial charge in [0.15, 0.2) is 0 Å². The summed E-state index contributed by atoms with van der Waals surface area (Å²) in [5.74, 6) is 4.36. The normalized spacial score (nSPS) is 9.40. The first-order valence-corrected chi connectivity index (χ1v) is 4.19. The van der Waals surface area contributed by atoms with Crippen LogP contribution in [0.2, 0.25) is 0 Å². The molecule has 0 aromatic carbocycles. The predicted octanol–water partition coefficient (Wildman–Crippen LogP) is 0.482. The van der Waals surface area contributed by atoms with E-state index in [2.05, 4.69) is 31.5 Å². The number of aromatic nitrogens is 3. The molecule has 0 bridgehead atoms. The van der Waals surface area contributed by atoms with E-state index in [-0.39, 0.29) is 0 Å². The second-order valence-corrected chi connectivity index (χ2v) is 2.70. The van der Waals surface area contributed by atoms with Crippen LogP contribution in [0.3, 0.4) is 0 Å². The molecule has 1 N–H and O–H groups in total. The van der Waals surface area contributed by atoms with Crippen molar-refractivity contribution in [1.82, 2.24) is 15.0 Å². The molecule has 2 aromatic rings. The fourth-order valence-corrected chi connectivity index (χ4v) is 1.13. The number of hydrogen-bond donors (Lipinski definition) is 1. The number of carbonyl (C=O) groups excluding carboxylic acids is 1. The molecule has 5 nitrogen and oxygen atoms in total. The maximum absolute atomic E-state index is 10.8. The molecule has 0 saturated heterocycles. The fourth-order valence-electron chi connectivity index (χ4n) is 1.13. The summed E-state index contributed by atoms with van der Waals surface area (Å²) >= 11 is 0. The van der Waals surface area contributed by atoms with E-state index in [9.17, 15) is 4.79 Å². The number of fused-ring (bicyclic) bond motifs is 1. The molecule has 2 rings (SSSR count). The van der Waals surface area contributed by atoms with Crippen molar-refractivity contribution in [2.75, 3.05) is 7.11 Å². The van der Waals surface area contributed by atoms with Gasteiger partial charge in [-0.1, -0.05) is 0 Å². The average molecular weight is 201 g/mol. The quantitative estimate of drug-likeness (QED) is 0.497. The van der Waals surface area contributed by atoms with E-state index in [1.54, 1.807) is 12.3 Å². The Labute approximate surface area is 85.5 Å². The molecule has 0 aliphatic carbocycles. The minimum atomic E-state index is -0.586. The van der Waals surface area contributed by atoms with E-state index in [4.69, 9.17) is 0 Å². The van der Waals surface area contributed by atoms with Gasteiger partial charge in [-0.2, -0.15) is 0 Å². The number of nitrogens with zero attached hydrogens (tertiary/aromatic N) is 2. The number of esters is 1. The largest absolute Gasteiger partial charge is 0.459 e. The third-order valence-corrected chi connectivity index (χ3v) is 1.82. The second-order valence-electron chi connectivity index (χ2n) is 2.70. The van der Waals surface area contributed by atoms with Crippen molar-refractivity contribution < 1.29 is 9.53 Å². The molecular weight excluding hydrogens is 194 g/mol. The Balaban J connectivity index is 2.46. The number of carbonyl (C=O) groups is 1. The van der Waals surface area contributed by atoms with Gasteiger partial charge in [0.25, 0.3) is 0 Å². The lowest BCUT2D eigenvalue weighted by atomic mass is 10.3. The molecule has 0 unspecified atom stereocenters. The highest BCUT2D eigenvalue weighted by Crippen LogP contribution is 2.10. The van der Waals surface area contributed by atoms with Gasteiger partial charge in [-0.15, -0.1) is 0 Å². The van der Waals surface area contributed by atoms with Crippen LogP contribution in [0.1, 0.15) is 5.69 Å². The molecule has 5 heteroatoms. The highest BCUT2D eigenvalue weighted by atomic mass is 16.5. The maximum atomic E-state index is 10.8. The van der Waals surface area contributed by atoms with Crippen LogP contribution in [0, 0.1) is 11.8 Å². The Bertz CT molecular complexity index is 563. The number of rotatable bonds is 0. The van der Waals surface area contributed by atoms with Crippen molar-refractivity contribution >= 4 is 17.0 Å². The average Bonchev–Trinajstić information content (AvgIpc) is 2.74. The summed E-state index contributed by atoms with van der Waals surface area (Å²) in [5.41, 5.74) is 1.20. The Kier molecular flexibility index (Phi) is 2.33. The molecule has 74 valence electrons. The molecule has 0 radical (unpaired) electrons. The monoisotopic (exact) mass is 201 g/mol. The molecule has 0 fully saturated rings. The third kappa shape index (κ3) is 1.79. The third-order valence-electron chi connectivity index (χ3n) is 1.82. The van der Waals surface area contributed by atoms with E-state index >= 15 is 0 Å². The first kappa shape index (κ1) is 9.21. The van der Waals surface area contributed by atoms with Crippen LogP contribution in [0.4, 0.5) is 0 Å². The molecule has 0 aliphatic rings. The van der Waals surface area contributed by atoms with Crippen molar-refractivity contribution in [3.63, 3.8) is 0 Å². The molecule has 0 aliphatic heterocycles. The summed E-state index contributed by atoms with van der Waals surface area (Å²) in [4.78, 5) is 21.7. The number of H-pyrrole nitrogens is 1. The van der Waals surface area contributed by atoms with Gasteiger partial charge in [-0.25, -0.2) is 14.8 Å². The Morgan fingerprint density at radius 3 is 3.20 bits per heavy atom. The topological polar surface area (TPSA) is 67.9 Å². The van der Waals surface area contributed by atoms with E-state index < -0.39 is 5.97 Å². The van der Waals surface area contributed by atoms with E-state index in [1.165, 1.54) is 13.4 Å². The van der Waals surface area contributed by atoms with Gasteiger partial charge < -0.3 is 9.72 Å². The summed E-state index contributed by atoms with van der Waals surface area (Å²) in [5, 5.41) is 0.786. The Hall–Kier alpha value is -2.35. The zero-order valence-electron chi connectivity index (χ0n) is 7.94. The van der Waals surface area contributed by atoms with Crippen molar-refractivity contribution in [2.45, 2.75) is 0 Å². The van der Waals surface area contributed by atoms with Gasteiger partial charge in [0.05, 0.1) is 12.5 Å². The molecule has 2 heterocycles. The fraction of sp³-hybridized carbons (Fsp3) is 0.100.